The van der Waals surface area contributed by atoms with Crippen molar-refractivity contribution in [3.63, 3.8) is 0 Å². The number of rotatable bonds is 3. The third-order valence-corrected chi connectivity index (χ3v) is 4.92. The van der Waals surface area contributed by atoms with Crippen molar-refractivity contribution in [3.8, 4) is 5.75 Å². The number of para-hydroxylation sites is 1. The predicted octanol–water partition coefficient (Wildman–Crippen LogP) is 3.50. The Morgan fingerprint density at radius 1 is 1.32 bits per heavy atom. The third kappa shape index (κ3) is 2.90. The molecule has 3 heteroatoms. The van der Waals surface area contributed by atoms with Gasteiger partial charge in [-0.1, -0.05) is 18.2 Å². The first kappa shape index (κ1) is 13.3. The van der Waals surface area contributed by atoms with Crippen molar-refractivity contribution in [1.29, 1.82) is 0 Å². The first-order valence-electron chi connectivity index (χ1n) is 7.32. The molecule has 104 valence electrons. The van der Waals surface area contributed by atoms with Crippen LogP contribution in [0.1, 0.15) is 31.2 Å². The molecule has 1 aromatic rings. The van der Waals surface area contributed by atoms with Crippen LogP contribution in [0.3, 0.4) is 0 Å². The molecule has 2 aliphatic rings. The van der Waals surface area contributed by atoms with Crippen LogP contribution in [0, 0.1) is 5.92 Å². The van der Waals surface area contributed by atoms with E-state index in [1.807, 2.05) is 0 Å². The quantitative estimate of drug-likeness (QED) is 0.785. The van der Waals surface area contributed by atoms with Crippen molar-refractivity contribution in [3.05, 3.63) is 29.8 Å². The van der Waals surface area contributed by atoms with Gasteiger partial charge in [-0.3, -0.25) is 0 Å². The number of halogens is 1. The highest BCUT2D eigenvalue weighted by atomic mass is 35.5. The zero-order valence-electron chi connectivity index (χ0n) is 11.5. The van der Waals surface area contributed by atoms with Crippen molar-refractivity contribution < 1.29 is 4.74 Å². The summed E-state index contributed by atoms with van der Waals surface area (Å²) in [4.78, 5) is 2.58. The Balaban J connectivity index is 1.57. The molecule has 0 aromatic heterocycles. The number of fused-ring (bicyclic) bond motifs is 1. The first-order valence-corrected chi connectivity index (χ1v) is 7.76. The summed E-state index contributed by atoms with van der Waals surface area (Å²) < 4.78 is 5.76. The maximum absolute atomic E-state index is 6.20. The summed E-state index contributed by atoms with van der Waals surface area (Å²) >= 11 is 6.20. The van der Waals surface area contributed by atoms with Crippen molar-refractivity contribution in [1.82, 2.24) is 4.90 Å². The molecule has 2 heterocycles. The summed E-state index contributed by atoms with van der Waals surface area (Å²) in [6, 6.07) is 8.45. The Hall–Kier alpha value is -0.730. The second kappa shape index (κ2) is 5.72. The van der Waals surface area contributed by atoms with Crippen LogP contribution in [0.15, 0.2) is 24.3 Å². The summed E-state index contributed by atoms with van der Waals surface area (Å²) in [5.41, 5.74) is 1.38. The number of likely N-dealkylation sites (tertiary alicyclic amines) is 1. The normalized spacial score (nSPS) is 25.9. The lowest BCUT2D eigenvalue weighted by atomic mass is 9.92. The fourth-order valence-corrected chi connectivity index (χ4v) is 3.54. The molecule has 2 aliphatic heterocycles. The minimum absolute atomic E-state index is 0.317. The minimum Gasteiger partial charge on any atom is -0.493 e. The molecule has 1 saturated heterocycles. The van der Waals surface area contributed by atoms with E-state index in [4.69, 9.17) is 16.3 Å². The summed E-state index contributed by atoms with van der Waals surface area (Å²) in [5.74, 6) is 2.32. The molecule has 3 rings (SSSR count). The second-order valence-electron chi connectivity index (χ2n) is 5.86. The number of piperidine rings is 1. The predicted molar refractivity (Wildman–Crippen MR) is 79.2 cm³/mol. The zero-order valence-corrected chi connectivity index (χ0v) is 12.3. The van der Waals surface area contributed by atoms with Gasteiger partial charge >= 0.3 is 0 Å². The lowest BCUT2D eigenvalue weighted by Gasteiger charge is -2.34. The summed E-state index contributed by atoms with van der Waals surface area (Å²) in [6.45, 7) is 6.45. The monoisotopic (exact) mass is 279 g/mol. The first-order chi connectivity index (χ1) is 9.24. The molecule has 0 radical (unpaired) electrons. The number of ether oxygens (including phenoxy) is 1. The average Bonchev–Trinajstić information content (AvgIpc) is 2.83. The number of benzene rings is 1. The summed E-state index contributed by atoms with van der Waals surface area (Å²) in [6.07, 6.45) is 2.47. The fourth-order valence-electron chi connectivity index (χ4n) is 3.29. The molecular weight excluding hydrogens is 258 g/mol. The van der Waals surface area contributed by atoms with Gasteiger partial charge < -0.3 is 9.64 Å². The maximum Gasteiger partial charge on any atom is 0.122 e. The van der Waals surface area contributed by atoms with Crippen LogP contribution in [0.4, 0.5) is 0 Å². The number of alkyl halides is 1. The SMILES string of the molecule is CC(Cl)C1CCN(CC2COc3ccccc32)CC1. The van der Waals surface area contributed by atoms with Gasteiger partial charge in [-0.25, -0.2) is 0 Å². The molecule has 2 atom stereocenters. The number of hydrogen-bond donors (Lipinski definition) is 0. The highest BCUT2D eigenvalue weighted by Gasteiger charge is 2.28. The van der Waals surface area contributed by atoms with Gasteiger partial charge in [-0.05, 0) is 44.8 Å². The molecule has 0 spiro atoms. The smallest absolute Gasteiger partial charge is 0.122 e. The Kier molecular flexibility index (Phi) is 3.99. The Morgan fingerprint density at radius 3 is 2.79 bits per heavy atom. The van der Waals surface area contributed by atoms with Crippen LogP contribution in [-0.2, 0) is 0 Å². The molecule has 0 saturated carbocycles. The van der Waals surface area contributed by atoms with Crippen molar-refractivity contribution in [2.75, 3.05) is 26.2 Å². The van der Waals surface area contributed by atoms with E-state index in [2.05, 4.69) is 36.1 Å². The lowest BCUT2D eigenvalue weighted by molar-refractivity contribution is 0.166. The molecule has 2 nitrogen and oxygen atoms in total. The van der Waals surface area contributed by atoms with E-state index in [0.29, 0.717) is 17.2 Å². The topological polar surface area (TPSA) is 12.5 Å². The molecule has 19 heavy (non-hydrogen) atoms. The summed E-state index contributed by atoms with van der Waals surface area (Å²) in [7, 11) is 0. The highest BCUT2D eigenvalue weighted by molar-refractivity contribution is 6.20. The van der Waals surface area contributed by atoms with Gasteiger partial charge in [-0.15, -0.1) is 11.6 Å². The second-order valence-corrected chi connectivity index (χ2v) is 6.55. The van der Waals surface area contributed by atoms with Crippen molar-refractivity contribution in [2.24, 2.45) is 5.92 Å². The van der Waals surface area contributed by atoms with Crippen molar-refractivity contribution in [2.45, 2.75) is 31.1 Å². The Labute approximate surface area is 120 Å². The van der Waals surface area contributed by atoms with Gasteiger partial charge in [0.15, 0.2) is 0 Å². The van der Waals surface area contributed by atoms with Crippen LogP contribution in [0.2, 0.25) is 0 Å². The van der Waals surface area contributed by atoms with Crippen LogP contribution >= 0.6 is 11.6 Å². The molecule has 1 aromatic carbocycles. The van der Waals surface area contributed by atoms with E-state index >= 15 is 0 Å². The molecular formula is C16H22ClNO. The van der Waals surface area contributed by atoms with E-state index in [1.54, 1.807) is 0 Å². The highest BCUT2D eigenvalue weighted by Crippen LogP contribution is 2.34. The molecule has 0 N–H and O–H groups in total. The molecule has 0 bridgehead atoms. The van der Waals surface area contributed by atoms with Crippen LogP contribution < -0.4 is 4.74 Å². The molecule has 1 fully saturated rings. The van der Waals surface area contributed by atoms with E-state index in [0.717, 1.165) is 18.9 Å². The van der Waals surface area contributed by atoms with Crippen LogP contribution in [0.5, 0.6) is 5.75 Å². The number of hydrogen-bond acceptors (Lipinski definition) is 2. The van der Waals surface area contributed by atoms with E-state index in [9.17, 15) is 0 Å². The van der Waals surface area contributed by atoms with E-state index < -0.39 is 0 Å². The molecule has 0 aliphatic carbocycles. The minimum atomic E-state index is 0.317. The maximum atomic E-state index is 6.20. The van der Waals surface area contributed by atoms with Gasteiger partial charge in [0.2, 0.25) is 0 Å². The zero-order chi connectivity index (χ0) is 13.2. The average molecular weight is 280 g/mol. The largest absolute Gasteiger partial charge is 0.493 e. The third-order valence-electron chi connectivity index (χ3n) is 4.56. The van der Waals surface area contributed by atoms with Gasteiger partial charge in [0, 0.05) is 23.4 Å². The van der Waals surface area contributed by atoms with Gasteiger partial charge in [-0.2, -0.15) is 0 Å². The Bertz CT molecular complexity index is 427. The number of nitrogens with zero attached hydrogens (tertiary/aromatic N) is 1. The summed E-state index contributed by atoms with van der Waals surface area (Å²) in [5, 5.41) is 0.317. The van der Waals surface area contributed by atoms with Gasteiger partial charge in [0.1, 0.15) is 5.75 Å². The molecule has 0 amide bonds. The molecule has 2 unspecified atom stereocenters. The van der Waals surface area contributed by atoms with Crippen LogP contribution in [0.25, 0.3) is 0 Å². The van der Waals surface area contributed by atoms with Crippen molar-refractivity contribution >= 4 is 11.6 Å². The fraction of sp³-hybridized carbons (Fsp3) is 0.625. The van der Waals surface area contributed by atoms with Crippen LogP contribution in [-0.4, -0.2) is 36.5 Å². The Morgan fingerprint density at radius 2 is 2.05 bits per heavy atom. The standard InChI is InChI=1S/C16H22ClNO/c1-12(17)13-6-8-18(9-7-13)10-14-11-19-16-5-3-2-4-15(14)16/h2-5,12-14H,6-11H2,1H3. The van der Waals surface area contributed by atoms with Gasteiger partial charge in [0.25, 0.3) is 0 Å². The van der Waals surface area contributed by atoms with Gasteiger partial charge in [0.05, 0.1) is 6.61 Å². The lowest BCUT2D eigenvalue weighted by Crippen LogP contribution is -2.38. The van der Waals surface area contributed by atoms with E-state index in [1.165, 1.54) is 31.5 Å². The van der Waals surface area contributed by atoms with E-state index in [-0.39, 0.29) is 0 Å².